The summed E-state index contributed by atoms with van der Waals surface area (Å²) < 4.78 is 55.8. The number of anilines is 1. The van der Waals surface area contributed by atoms with Crippen LogP contribution in [0.5, 0.6) is 5.75 Å². The first-order chi connectivity index (χ1) is 7.38. The van der Waals surface area contributed by atoms with Gasteiger partial charge in [0.15, 0.2) is 0 Å². The second kappa shape index (κ2) is 5.02. The lowest BCUT2D eigenvalue weighted by molar-refractivity contribution is -0.325. The van der Waals surface area contributed by atoms with Crippen LogP contribution in [-0.4, -0.2) is 19.6 Å². The molecule has 0 unspecified atom stereocenters. The number of benzene rings is 1. The molecule has 0 bridgehead atoms. The summed E-state index contributed by atoms with van der Waals surface area (Å²) >= 11 is 0. The maximum atomic E-state index is 12.9. The molecule has 0 atom stereocenters. The van der Waals surface area contributed by atoms with E-state index in [1.807, 2.05) is 0 Å². The molecule has 1 aromatic carbocycles. The Kier molecular flexibility index (Phi) is 3.94. The summed E-state index contributed by atoms with van der Waals surface area (Å²) in [6, 6.07) is 3.60. The second-order valence-electron chi connectivity index (χ2n) is 2.83. The Morgan fingerprint density at radius 3 is 2.44 bits per heavy atom. The van der Waals surface area contributed by atoms with Gasteiger partial charge >= 0.3 is 6.36 Å². The van der Waals surface area contributed by atoms with E-state index in [1.54, 1.807) is 0 Å². The summed E-state index contributed by atoms with van der Waals surface area (Å²) in [5.41, 5.74) is 5.14. The number of halogens is 4. The van der Waals surface area contributed by atoms with Crippen LogP contribution in [0.3, 0.4) is 0 Å². The number of alkyl halides is 3. The first kappa shape index (κ1) is 12.6. The largest absolute Gasteiger partial charge is 0.522 e. The standard InChI is InChI=1S/C9H9F4NO2/c10-7-5-6(1-2-8(7)14)15-3-4-16-9(11,12)13/h1-2,5H,3-4,14H2. The normalized spacial score (nSPS) is 11.5. The Balaban J connectivity index is 2.35. The molecule has 0 amide bonds. The van der Waals surface area contributed by atoms with Gasteiger partial charge in [0.25, 0.3) is 0 Å². The van der Waals surface area contributed by atoms with Gasteiger partial charge in [-0.25, -0.2) is 4.39 Å². The van der Waals surface area contributed by atoms with Crippen molar-refractivity contribution in [2.75, 3.05) is 18.9 Å². The molecule has 3 nitrogen and oxygen atoms in total. The molecule has 0 aliphatic rings. The lowest BCUT2D eigenvalue weighted by Gasteiger charge is -2.09. The number of rotatable bonds is 4. The van der Waals surface area contributed by atoms with Crippen molar-refractivity contribution >= 4 is 5.69 Å². The molecule has 0 heterocycles. The molecular formula is C9H9F4NO2. The Morgan fingerprint density at radius 1 is 1.19 bits per heavy atom. The van der Waals surface area contributed by atoms with Gasteiger partial charge in [-0.15, -0.1) is 13.2 Å². The van der Waals surface area contributed by atoms with Crippen molar-refractivity contribution in [1.29, 1.82) is 0 Å². The first-order valence-corrected chi connectivity index (χ1v) is 4.27. The quantitative estimate of drug-likeness (QED) is 0.498. The van der Waals surface area contributed by atoms with Crippen molar-refractivity contribution in [2.45, 2.75) is 6.36 Å². The molecule has 0 fully saturated rings. The summed E-state index contributed by atoms with van der Waals surface area (Å²) in [7, 11) is 0. The van der Waals surface area contributed by atoms with Crippen LogP contribution < -0.4 is 10.5 Å². The minimum Gasteiger partial charge on any atom is -0.491 e. The number of ether oxygens (including phenoxy) is 2. The van der Waals surface area contributed by atoms with E-state index in [0.717, 1.165) is 6.07 Å². The minimum absolute atomic E-state index is 0.0566. The molecular weight excluding hydrogens is 230 g/mol. The molecule has 1 aromatic rings. The Hall–Kier alpha value is -1.50. The van der Waals surface area contributed by atoms with Crippen molar-refractivity contribution in [3.8, 4) is 5.75 Å². The smallest absolute Gasteiger partial charge is 0.491 e. The van der Waals surface area contributed by atoms with Crippen LogP contribution in [0.1, 0.15) is 0 Å². The molecule has 0 spiro atoms. The average Bonchev–Trinajstić information content (AvgIpc) is 2.17. The zero-order valence-electron chi connectivity index (χ0n) is 8.05. The zero-order valence-corrected chi connectivity index (χ0v) is 8.05. The van der Waals surface area contributed by atoms with Crippen molar-refractivity contribution in [3.63, 3.8) is 0 Å². The van der Waals surface area contributed by atoms with E-state index < -0.39 is 18.8 Å². The third-order valence-corrected chi connectivity index (χ3v) is 1.59. The van der Waals surface area contributed by atoms with Gasteiger partial charge in [0.05, 0.1) is 12.3 Å². The molecule has 90 valence electrons. The number of nitrogen functional groups attached to an aromatic ring is 1. The molecule has 2 N–H and O–H groups in total. The number of hydrogen-bond acceptors (Lipinski definition) is 3. The van der Waals surface area contributed by atoms with Gasteiger partial charge in [-0.2, -0.15) is 0 Å². The molecule has 0 radical (unpaired) electrons. The van der Waals surface area contributed by atoms with E-state index in [-0.39, 0.29) is 18.0 Å². The Labute approximate surface area is 88.8 Å². The molecule has 0 saturated heterocycles. The summed E-state index contributed by atoms with van der Waals surface area (Å²) in [6.45, 7) is -0.988. The first-order valence-electron chi connectivity index (χ1n) is 4.27. The van der Waals surface area contributed by atoms with Crippen LogP contribution in [0.15, 0.2) is 18.2 Å². The summed E-state index contributed by atoms with van der Waals surface area (Å²) in [5, 5.41) is 0. The SMILES string of the molecule is Nc1ccc(OCCOC(F)(F)F)cc1F. The van der Waals surface area contributed by atoms with Crippen molar-refractivity contribution in [2.24, 2.45) is 0 Å². The van der Waals surface area contributed by atoms with E-state index in [4.69, 9.17) is 10.5 Å². The van der Waals surface area contributed by atoms with Gasteiger partial charge in [-0.1, -0.05) is 0 Å². The van der Waals surface area contributed by atoms with Gasteiger partial charge in [-0.3, -0.25) is 4.74 Å². The highest BCUT2D eigenvalue weighted by molar-refractivity contribution is 5.43. The maximum absolute atomic E-state index is 12.9. The lowest BCUT2D eigenvalue weighted by Crippen LogP contribution is -2.18. The second-order valence-corrected chi connectivity index (χ2v) is 2.83. The van der Waals surface area contributed by atoms with E-state index in [9.17, 15) is 17.6 Å². The van der Waals surface area contributed by atoms with Crippen LogP contribution in [0.4, 0.5) is 23.2 Å². The van der Waals surface area contributed by atoms with Crippen molar-refractivity contribution in [3.05, 3.63) is 24.0 Å². The van der Waals surface area contributed by atoms with E-state index >= 15 is 0 Å². The number of hydrogen-bond donors (Lipinski definition) is 1. The topological polar surface area (TPSA) is 44.5 Å². The van der Waals surface area contributed by atoms with Crippen LogP contribution in [0.25, 0.3) is 0 Å². The molecule has 16 heavy (non-hydrogen) atoms. The van der Waals surface area contributed by atoms with Gasteiger partial charge < -0.3 is 10.5 Å². The van der Waals surface area contributed by atoms with E-state index in [0.29, 0.717) is 0 Å². The van der Waals surface area contributed by atoms with Crippen LogP contribution in [0.2, 0.25) is 0 Å². The molecule has 0 aliphatic heterocycles. The third kappa shape index (κ3) is 4.35. The number of nitrogens with two attached hydrogens (primary N) is 1. The summed E-state index contributed by atoms with van der Waals surface area (Å²) in [5.74, 6) is -0.591. The lowest BCUT2D eigenvalue weighted by atomic mass is 10.3. The van der Waals surface area contributed by atoms with Crippen molar-refractivity contribution in [1.82, 2.24) is 0 Å². The van der Waals surface area contributed by atoms with Crippen LogP contribution in [0, 0.1) is 5.82 Å². The molecule has 0 aromatic heterocycles. The highest BCUT2D eigenvalue weighted by Crippen LogP contribution is 2.19. The third-order valence-electron chi connectivity index (χ3n) is 1.59. The summed E-state index contributed by atoms with van der Waals surface area (Å²) in [6.07, 6.45) is -4.68. The van der Waals surface area contributed by atoms with Gasteiger partial charge in [0, 0.05) is 6.07 Å². The van der Waals surface area contributed by atoms with Gasteiger partial charge in [-0.05, 0) is 12.1 Å². The maximum Gasteiger partial charge on any atom is 0.522 e. The predicted octanol–water partition coefficient (Wildman–Crippen LogP) is 2.32. The molecule has 1 rings (SSSR count). The monoisotopic (exact) mass is 239 g/mol. The average molecular weight is 239 g/mol. The van der Waals surface area contributed by atoms with E-state index in [1.165, 1.54) is 12.1 Å². The fourth-order valence-corrected chi connectivity index (χ4v) is 0.915. The fraction of sp³-hybridized carbons (Fsp3) is 0.333. The predicted molar refractivity (Wildman–Crippen MR) is 48.3 cm³/mol. The highest BCUT2D eigenvalue weighted by atomic mass is 19.4. The van der Waals surface area contributed by atoms with Gasteiger partial charge in [0.2, 0.25) is 0 Å². The highest BCUT2D eigenvalue weighted by Gasteiger charge is 2.28. The Bertz CT molecular complexity index is 354. The Morgan fingerprint density at radius 2 is 1.88 bits per heavy atom. The summed E-state index contributed by atoms with van der Waals surface area (Å²) in [4.78, 5) is 0. The molecule has 7 heteroatoms. The van der Waals surface area contributed by atoms with Crippen LogP contribution in [-0.2, 0) is 4.74 Å². The molecule has 0 aliphatic carbocycles. The van der Waals surface area contributed by atoms with Crippen molar-refractivity contribution < 1.29 is 27.0 Å². The van der Waals surface area contributed by atoms with Crippen LogP contribution >= 0.6 is 0 Å². The van der Waals surface area contributed by atoms with E-state index in [2.05, 4.69) is 4.74 Å². The fourth-order valence-electron chi connectivity index (χ4n) is 0.915. The minimum atomic E-state index is -4.68. The zero-order chi connectivity index (χ0) is 12.2. The van der Waals surface area contributed by atoms with Gasteiger partial charge in [0.1, 0.15) is 18.2 Å². The molecule has 0 saturated carbocycles.